The number of benzene rings is 1. The quantitative estimate of drug-likeness (QED) is 0.585. The molecule has 0 radical (unpaired) electrons. The van der Waals surface area contributed by atoms with Gasteiger partial charge in [-0.2, -0.15) is 0 Å². The molecule has 18 heavy (non-hydrogen) atoms. The normalized spacial score (nSPS) is 10.7. The molecule has 0 fully saturated rings. The minimum absolute atomic E-state index is 0.00797. The van der Waals surface area contributed by atoms with Gasteiger partial charge in [-0.3, -0.25) is 10.1 Å². The maximum absolute atomic E-state index is 10.9. The van der Waals surface area contributed by atoms with E-state index < -0.39 is 4.92 Å². The Morgan fingerprint density at radius 2 is 2.17 bits per heavy atom. The van der Waals surface area contributed by atoms with Gasteiger partial charge in [-0.25, -0.2) is 0 Å². The number of nitro groups is 1. The first-order valence-corrected chi connectivity index (χ1v) is 5.74. The van der Waals surface area contributed by atoms with Crippen LogP contribution in [0, 0.1) is 10.1 Å². The van der Waals surface area contributed by atoms with Crippen LogP contribution in [0.15, 0.2) is 18.2 Å². The SMILES string of the molecule is CNCc1ccc([N+](=O)[O-])c(OCCN(C)C)c1. The zero-order chi connectivity index (χ0) is 13.5. The number of nitro benzene ring substituents is 1. The fourth-order valence-electron chi connectivity index (χ4n) is 1.48. The summed E-state index contributed by atoms with van der Waals surface area (Å²) in [7, 11) is 5.68. The molecule has 0 aliphatic carbocycles. The zero-order valence-corrected chi connectivity index (χ0v) is 11.0. The largest absolute Gasteiger partial charge is 0.485 e. The summed E-state index contributed by atoms with van der Waals surface area (Å²) in [4.78, 5) is 12.4. The van der Waals surface area contributed by atoms with Gasteiger partial charge in [0.2, 0.25) is 0 Å². The Hall–Kier alpha value is -1.66. The summed E-state index contributed by atoms with van der Waals surface area (Å²) in [6.45, 7) is 1.80. The molecule has 6 heteroatoms. The molecular formula is C12H19N3O3. The molecule has 0 aliphatic rings. The third-order valence-electron chi connectivity index (χ3n) is 2.40. The van der Waals surface area contributed by atoms with Crippen molar-refractivity contribution >= 4 is 5.69 Å². The Morgan fingerprint density at radius 3 is 2.72 bits per heavy atom. The highest BCUT2D eigenvalue weighted by atomic mass is 16.6. The molecule has 0 aliphatic heterocycles. The molecule has 0 aromatic heterocycles. The zero-order valence-electron chi connectivity index (χ0n) is 11.0. The monoisotopic (exact) mass is 253 g/mol. The van der Waals surface area contributed by atoms with Gasteiger partial charge in [-0.15, -0.1) is 0 Å². The standard InChI is InChI=1S/C12H19N3O3/c1-13-9-10-4-5-11(15(16)17)12(8-10)18-7-6-14(2)3/h4-5,8,13H,6-7,9H2,1-3H3. The lowest BCUT2D eigenvalue weighted by Crippen LogP contribution is -2.19. The molecule has 0 bridgehead atoms. The van der Waals surface area contributed by atoms with Gasteiger partial charge >= 0.3 is 5.69 Å². The van der Waals surface area contributed by atoms with Gasteiger partial charge in [0.15, 0.2) is 5.75 Å². The Bertz CT molecular complexity index is 408. The van der Waals surface area contributed by atoms with Crippen LogP contribution in [0.1, 0.15) is 5.56 Å². The fourth-order valence-corrected chi connectivity index (χ4v) is 1.48. The molecule has 1 N–H and O–H groups in total. The average Bonchev–Trinajstić information content (AvgIpc) is 2.29. The van der Waals surface area contributed by atoms with Gasteiger partial charge in [0.1, 0.15) is 6.61 Å². The van der Waals surface area contributed by atoms with Crippen molar-refractivity contribution in [1.82, 2.24) is 10.2 Å². The predicted octanol–water partition coefficient (Wildman–Crippen LogP) is 1.25. The van der Waals surface area contributed by atoms with Crippen molar-refractivity contribution in [3.05, 3.63) is 33.9 Å². The van der Waals surface area contributed by atoms with E-state index in [1.807, 2.05) is 26.0 Å². The number of nitrogens with one attached hydrogen (secondary N) is 1. The molecule has 0 saturated carbocycles. The molecule has 1 aromatic rings. The predicted molar refractivity (Wildman–Crippen MR) is 69.9 cm³/mol. The van der Waals surface area contributed by atoms with E-state index in [2.05, 4.69) is 5.32 Å². The van der Waals surface area contributed by atoms with E-state index >= 15 is 0 Å². The van der Waals surface area contributed by atoms with E-state index in [-0.39, 0.29) is 5.69 Å². The summed E-state index contributed by atoms with van der Waals surface area (Å²) in [6, 6.07) is 4.93. The second kappa shape index (κ2) is 6.93. The van der Waals surface area contributed by atoms with Gasteiger partial charge in [-0.1, -0.05) is 6.07 Å². The Labute approximate surface area is 107 Å². The number of nitrogens with zero attached hydrogens (tertiary/aromatic N) is 2. The van der Waals surface area contributed by atoms with Crippen LogP contribution in [-0.2, 0) is 6.54 Å². The first-order chi connectivity index (χ1) is 8.54. The summed E-state index contributed by atoms with van der Waals surface area (Å²) in [5, 5.41) is 13.9. The Morgan fingerprint density at radius 1 is 1.44 bits per heavy atom. The average molecular weight is 253 g/mol. The fraction of sp³-hybridized carbons (Fsp3) is 0.500. The first-order valence-electron chi connectivity index (χ1n) is 5.74. The van der Waals surface area contributed by atoms with Gasteiger partial charge in [0, 0.05) is 19.2 Å². The van der Waals surface area contributed by atoms with Crippen LogP contribution < -0.4 is 10.1 Å². The van der Waals surface area contributed by atoms with Crippen molar-refractivity contribution in [2.75, 3.05) is 34.3 Å². The molecule has 0 atom stereocenters. The highest BCUT2D eigenvalue weighted by Crippen LogP contribution is 2.27. The Kier molecular flexibility index (Phi) is 5.54. The van der Waals surface area contributed by atoms with Crippen molar-refractivity contribution in [3.63, 3.8) is 0 Å². The minimum Gasteiger partial charge on any atom is -0.485 e. The van der Waals surface area contributed by atoms with Crippen molar-refractivity contribution in [1.29, 1.82) is 0 Å². The third-order valence-corrected chi connectivity index (χ3v) is 2.40. The van der Waals surface area contributed by atoms with E-state index in [9.17, 15) is 10.1 Å². The van der Waals surface area contributed by atoms with Crippen LogP contribution in [0.4, 0.5) is 5.69 Å². The maximum atomic E-state index is 10.9. The summed E-state index contributed by atoms with van der Waals surface area (Å²) < 4.78 is 5.49. The molecule has 1 rings (SSSR count). The van der Waals surface area contributed by atoms with E-state index in [0.717, 1.165) is 5.56 Å². The minimum atomic E-state index is -0.422. The molecule has 0 amide bonds. The van der Waals surface area contributed by atoms with E-state index in [4.69, 9.17) is 4.74 Å². The number of ether oxygens (including phenoxy) is 1. The van der Waals surface area contributed by atoms with Gasteiger partial charge in [0.25, 0.3) is 0 Å². The van der Waals surface area contributed by atoms with Crippen LogP contribution >= 0.6 is 0 Å². The van der Waals surface area contributed by atoms with E-state index in [0.29, 0.717) is 25.4 Å². The second-order valence-corrected chi connectivity index (χ2v) is 4.24. The lowest BCUT2D eigenvalue weighted by molar-refractivity contribution is -0.385. The topological polar surface area (TPSA) is 67.6 Å². The van der Waals surface area contributed by atoms with E-state index in [1.54, 1.807) is 12.1 Å². The van der Waals surface area contributed by atoms with Crippen LogP contribution in [0.25, 0.3) is 0 Å². The van der Waals surface area contributed by atoms with Gasteiger partial charge in [0.05, 0.1) is 4.92 Å². The second-order valence-electron chi connectivity index (χ2n) is 4.24. The lowest BCUT2D eigenvalue weighted by Gasteiger charge is -2.12. The van der Waals surface area contributed by atoms with Gasteiger partial charge in [-0.05, 0) is 32.8 Å². The Balaban J connectivity index is 2.82. The number of likely N-dealkylation sites (N-methyl/N-ethyl adjacent to an activating group) is 1. The van der Waals surface area contributed by atoms with Crippen LogP contribution in [-0.4, -0.2) is 44.1 Å². The molecular weight excluding hydrogens is 234 g/mol. The van der Waals surface area contributed by atoms with E-state index in [1.165, 1.54) is 6.07 Å². The van der Waals surface area contributed by atoms with Crippen molar-refractivity contribution in [3.8, 4) is 5.75 Å². The van der Waals surface area contributed by atoms with Gasteiger partial charge < -0.3 is 15.0 Å². The number of hydrogen-bond acceptors (Lipinski definition) is 5. The number of rotatable bonds is 7. The third kappa shape index (κ3) is 4.31. The molecule has 0 saturated heterocycles. The smallest absolute Gasteiger partial charge is 0.310 e. The molecule has 6 nitrogen and oxygen atoms in total. The highest BCUT2D eigenvalue weighted by Gasteiger charge is 2.15. The lowest BCUT2D eigenvalue weighted by atomic mass is 10.2. The summed E-state index contributed by atoms with van der Waals surface area (Å²) in [5.41, 5.74) is 0.969. The van der Waals surface area contributed by atoms with Crippen LogP contribution in [0.3, 0.4) is 0 Å². The first kappa shape index (κ1) is 14.4. The summed E-state index contributed by atoms with van der Waals surface area (Å²) in [6.07, 6.45) is 0. The molecule has 0 heterocycles. The molecule has 0 spiro atoms. The summed E-state index contributed by atoms with van der Waals surface area (Å²) in [5.74, 6) is 0.328. The van der Waals surface area contributed by atoms with Crippen molar-refractivity contribution < 1.29 is 9.66 Å². The summed E-state index contributed by atoms with van der Waals surface area (Å²) >= 11 is 0. The molecule has 1 aromatic carbocycles. The maximum Gasteiger partial charge on any atom is 0.310 e. The highest BCUT2D eigenvalue weighted by molar-refractivity contribution is 5.48. The molecule has 100 valence electrons. The van der Waals surface area contributed by atoms with Crippen LogP contribution in [0.5, 0.6) is 5.75 Å². The van der Waals surface area contributed by atoms with Crippen LogP contribution in [0.2, 0.25) is 0 Å². The van der Waals surface area contributed by atoms with Crippen molar-refractivity contribution in [2.45, 2.75) is 6.54 Å². The number of hydrogen-bond donors (Lipinski definition) is 1. The van der Waals surface area contributed by atoms with Crippen molar-refractivity contribution in [2.24, 2.45) is 0 Å². The molecule has 0 unspecified atom stereocenters.